The summed E-state index contributed by atoms with van der Waals surface area (Å²) in [5, 5.41) is 0.580. The molecule has 0 saturated heterocycles. The van der Waals surface area contributed by atoms with E-state index in [9.17, 15) is 4.79 Å². The average Bonchev–Trinajstić information content (AvgIpc) is 2.99. The van der Waals surface area contributed by atoms with Crippen LogP contribution in [-0.2, 0) is 11.2 Å². The lowest BCUT2D eigenvalue weighted by atomic mass is 10.0. The standard InChI is InChI=1S/C21H37NO2S/c1-3-4-5-6-7-8-9-10-11-12-13-14-15-16-18-17-19(20(22)25-18)21(23)24-2/h17H,3-16,22H2,1-2H3. The molecule has 1 heterocycles. The van der Waals surface area contributed by atoms with Crippen molar-refractivity contribution in [2.24, 2.45) is 0 Å². The molecule has 0 saturated carbocycles. The number of hydrogen-bond acceptors (Lipinski definition) is 4. The summed E-state index contributed by atoms with van der Waals surface area (Å²) < 4.78 is 4.74. The Balaban J connectivity index is 1.94. The molecule has 144 valence electrons. The van der Waals surface area contributed by atoms with Crippen molar-refractivity contribution in [3.63, 3.8) is 0 Å². The first-order chi connectivity index (χ1) is 12.2. The number of thiophene rings is 1. The second-order valence-electron chi connectivity index (χ2n) is 6.97. The first kappa shape index (κ1) is 22.0. The van der Waals surface area contributed by atoms with Crippen LogP contribution in [0.3, 0.4) is 0 Å². The maximum absolute atomic E-state index is 11.5. The molecule has 0 aliphatic carbocycles. The quantitative estimate of drug-likeness (QED) is 0.275. The van der Waals surface area contributed by atoms with E-state index < -0.39 is 0 Å². The summed E-state index contributed by atoms with van der Waals surface area (Å²) in [4.78, 5) is 12.7. The van der Waals surface area contributed by atoms with E-state index in [-0.39, 0.29) is 5.97 Å². The lowest BCUT2D eigenvalue weighted by molar-refractivity contribution is 0.0602. The van der Waals surface area contributed by atoms with Gasteiger partial charge in [-0.2, -0.15) is 0 Å². The lowest BCUT2D eigenvalue weighted by Crippen LogP contribution is -2.01. The van der Waals surface area contributed by atoms with E-state index in [0.717, 1.165) is 6.42 Å². The van der Waals surface area contributed by atoms with Gasteiger partial charge in [-0.1, -0.05) is 84.0 Å². The zero-order valence-corrected chi connectivity index (χ0v) is 17.1. The van der Waals surface area contributed by atoms with E-state index in [1.54, 1.807) is 0 Å². The highest BCUT2D eigenvalue weighted by atomic mass is 32.1. The molecule has 2 N–H and O–H groups in total. The van der Waals surface area contributed by atoms with Crippen molar-refractivity contribution in [3.05, 3.63) is 16.5 Å². The molecule has 0 atom stereocenters. The lowest BCUT2D eigenvalue weighted by Gasteiger charge is -2.03. The highest BCUT2D eigenvalue weighted by Gasteiger charge is 2.13. The molecule has 4 heteroatoms. The van der Waals surface area contributed by atoms with Gasteiger partial charge < -0.3 is 10.5 Å². The Labute approximate surface area is 158 Å². The molecule has 1 aromatic heterocycles. The van der Waals surface area contributed by atoms with Crippen molar-refractivity contribution >= 4 is 22.3 Å². The van der Waals surface area contributed by atoms with E-state index in [0.29, 0.717) is 10.6 Å². The van der Waals surface area contributed by atoms with E-state index >= 15 is 0 Å². The Bertz CT molecular complexity index is 470. The van der Waals surface area contributed by atoms with Crippen LogP contribution in [0.4, 0.5) is 5.00 Å². The van der Waals surface area contributed by atoms with Gasteiger partial charge in [0, 0.05) is 4.88 Å². The predicted octanol–water partition coefficient (Wildman–Crippen LogP) is 6.75. The number of ether oxygens (including phenoxy) is 1. The maximum atomic E-state index is 11.5. The molecule has 1 rings (SSSR count). The highest BCUT2D eigenvalue weighted by molar-refractivity contribution is 7.16. The van der Waals surface area contributed by atoms with Crippen LogP contribution in [0.5, 0.6) is 0 Å². The van der Waals surface area contributed by atoms with Crippen LogP contribution in [0.1, 0.15) is 106 Å². The van der Waals surface area contributed by atoms with Crippen LogP contribution >= 0.6 is 11.3 Å². The van der Waals surface area contributed by atoms with Gasteiger partial charge in [0.25, 0.3) is 0 Å². The van der Waals surface area contributed by atoms with Crippen LogP contribution in [0.2, 0.25) is 0 Å². The fourth-order valence-electron chi connectivity index (χ4n) is 3.17. The van der Waals surface area contributed by atoms with Gasteiger partial charge in [0.2, 0.25) is 0 Å². The Hall–Kier alpha value is -1.03. The predicted molar refractivity (Wildman–Crippen MR) is 109 cm³/mol. The van der Waals surface area contributed by atoms with Crippen LogP contribution in [-0.4, -0.2) is 13.1 Å². The number of unbranched alkanes of at least 4 members (excludes halogenated alkanes) is 12. The van der Waals surface area contributed by atoms with Gasteiger partial charge in [0.15, 0.2) is 0 Å². The average molecular weight is 368 g/mol. The SMILES string of the molecule is CCCCCCCCCCCCCCCc1cc(C(=O)OC)c(N)s1. The zero-order valence-electron chi connectivity index (χ0n) is 16.3. The van der Waals surface area contributed by atoms with Gasteiger partial charge in [0.1, 0.15) is 5.00 Å². The minimum absolute atomic E-state index is 0.328. The van der Waals surface area contributed by atoms with Crippen molar-refractivity contribution in [2.75, 3.05) is 12.8 Å². The van der Waals surface area contributed by atoms with Gasteiger partial charge in [-0.15, -0.1) is 11.3 Å². The summed E-state index contributed by atoms with van der Waals surface area (Å²) in [7, 11) is 1.39. The van der Waals surface area contributed by atoms with E-state index in [4.69, 9.17) is 10.5 Å². The molecule has 0 spiro atoms. The van der Waals surface area contributed by atoms with Gasteiger partial charge in [-0.3, -0.25) is 0 Å². The molecule has 0 aromatic carbocycles. The van der Waals surface area contributed by atoms with Crippen LogP contribution in [0.25, 0.3) is 0 Å². The summed E-state index contributed by atoms with van der Waals surface area (Å²) >= 11 is 1.52. The minimum atomic E-state index is -0.328. The number of hydrogen-bond donors (Lipinski definition) is 1. The third kappa shape index (κ3) is 9.88. The van der Waals surface area contributed by atoms with E-state index in [2.05, 4.69) is 6.92 Å². The van der Waals surface area contributed by atoms with Crippen molar-refractivity contribution in [2.45, 2.75) is 96.8 Å². The number of anilines is 1. The molecule has 25 heavy (non-hydrogen) atoms. The number of esters is 1. The maximum Gasteiger partial charge on any atom is 0.340 e. The number of rotatable bonds is 15. The summed E-state index contributed by atoms with van der Waals surface area (Å²) in [6.07, 6.45) is 18.8. The topological polar surface area (TPSA) is 52.3 Å². The van der Waals surface area contributed by atoms with Crippen LogP contribution < -0.4 is 5.73 Å². The Kier molecular flexibility index (Phi) is 12.5. The fourth-order valence-corrected chi connectivity index (χ4v) is 4.13. The summed E-state index contributed by atoms with van der Waals surface area (Å²) in [5.74, 6) is -0.328. The largest absolute Gasteiger partial charge is 0.465 e. The molecule has 0 unspecified atom stereocenters. The number of nitrogen functional groups attached to an aromatic ring is 1. The Morgan fingerprint density at radius 2 is 1.40 bits per heavy atom. The van der Waals surface area contributed by atoms with Gasteiger partial charge in [-0.25, -0.2) is 4.79 Å². The molecule has 3 nitrogen and oxygen atoms in total. The molecular formula is C21H37NO2S. The molecule has 1 aromatic rings. The smallest absolute Gasteiger partial charge is 0.340 e. The molecule has 0 radical (unpaired) electrons. The first-order valence-electron chi connectivity index (χ1n) is 10.2. The number of aryl methyl sites for hydroxylation is 1. The molecule has 0 aliphatic heterocycles. The van der Waals surface area contributed by atoms with Crippen molar-refractivity contribution in [1.29, 1.82) is 0 Å². The second-order valence-corrected chi connectivity index (χ2v) is 8.14. The number of carbonyl (C=O) groups excluding carboxylic acids is 1. The van der Waals surface area contributed by atoms with E-state index in [1.807, 2.05) is 6.07 Å². The zero-order chi connectivity index (χ0) is 18.3. The van der Waals surface area contributed by atoms with Crippen molar-refractivity contribution < 1.29 is 9.53 Å². The van der Waals surface area contributed by atoms with Crippen molar-refractivity contribution in [3.8, 4) is 0 Å². The van der Waals surface area contributed by atoms with Crippen molar-refractivity contribution in [1.82, 2.24) is 0 Å². The molecule has 0 fully saturated rings. The first-order valence-corrected chi connectivity index (χ1v) is 11.0. The molecule has 0 amide bonds. The Morgan fingerprint density at radius 1 is 0.920 bits per heavy atom. The summed E-state index contributed by atoms with van der Waals surface area (Å²) in [6, 6.07) is 1.90. The monoisotopic (exact) mass is 367 g/mol. The Morgan fingerprint density at radius 3 is 1.88 bits per heavy atom. The van der Waals surface area contributed by atoms with Gasteiger partial charge in [-0.05, 0) is 18.9 Å². The van der Waals surface area contributed by atoms with Crippen LogP contribution in [0, 0.1) is 0 Å². The van der Waals surface area contributed by atoms with Gasteiger partial charge in [0.05, 0.1) is 12.7 Å². The highest BCUT2D eigenvalue weighted by Crippen LogP contribution is 2.27. The third-order valence-corrected chi connectivity index (χ3v) is 5.77. The molecule has 0 bridgehead atoms. The number of carbonyl (C=O) groups is 1. The summed E-state index contributed by atoms with van der Waals surface area (Å²) in [6.45, 7) is 2.27. The normalized spacial score (nSPS) is 11.0. The minimum Gasteiger partial charge on any atom is -0.465 e. The number of methoxy groups -OCH3 is 1. The second kappa shape index (κ2) is 14.2. The van der Waals surface area contributed by atoms with E-state index in [1.165, 1.54) is 107 Å². The fraction of sp³-hybridized carbons (Fsp3) is 0.762. The molecular weight excluding hydrogens is 330 g/mol. The summed E-state index contributed by atoms with van der Waals surface area (Å²) in [5.41, 5.74) is 6.40. The molecule has 0 aliphatic rings. The third-order valence-electron chi connectivity index (χ3n) is 4.74. The van der Waals surface area contributed by atoms with Gasteiger partial charge >= 0.3 is 5.97 Å². The number of nitrogens with two attached hydrogens (primary N) is 1. The van der Waals surface area contributed by atoms with Crippen LogP contribution in [0.15, 0.2) is 6.07 Å².